The number of hydrogen-bond acceptors (Lipinski definition) is 3. The minimum atomic E-state index is -0.675. The van der Waals surface area contributed by atoms with Gasteiger partial charge >= 0.3 is 5.97 Å². The highest BCUT2D eigenvalue weighted by molar-refractivity contribution is 5.67. The van der Waals surface area contributed by atoms with Gasteiger partial charge in [0.05, 0.1) is 6.61 Å². The zero-order valence-corrected chi connectivity index (χ0v) is 11.7. The second kappa shape index (κ2) is 5.83. The molecule has 2 aliphatic heterocycles. The van der Waals surface area contributed by atoms with E-state index in [1.807, 2.05) is 0 Å². The van der Waals surface area contributed by atoms with Crippen LogP contribution >= 0.6 is 0 Å². The number of nitrogens with zero attached hydrogens (tertiary/aromatic N) is 1. The number of carboxylic acid groups (broad SMARTS) is 1. The SMILES string of the molecule is O=C(O)CC1CCCN(Cc2ccc3c(c2)CCO3)C1. The van der Waals surface area contributed by atoms with Gasteiger partial charge in [0, 0.05) is 25.9 Å². The molecule has 0 saturated carbocycles. The van der Waals surface area contributed by atoms with Crippen LogP contribution in [0.25, 0.3) is 0 Å². The lowest BCUT2D eigenvalue weighted by molar-refractivity contribution is -0.138. The minimum Gasteiger partial charge on any atom is -0.493 e. The summed E-state index contributed by atoms with van der Waals surface area (Å²) in [7, 11) is 0. The maximum absolute atomic E-state index is 10.8. The van der Waals surface area contributed by atoms with Gasteiger partial charge in [-0.25, -0.2) is 0 Å². The molecule has 3 rings (SSSR count). The Bertz CT molecular complexity index is 500. The normalized spacial score (nSPS) is 22.3. The van der Waals surface area contributed by atoms with Crippen molar-refractivity contribution in [2.75, 3.05) is 19.7 Å². The van der Waals surface area contributed by atoms with Crippen molar-refractivity contribution in [3.05, 3.63) is 29.3 Å². The number of likely N-dealkylation sites (tertiary alicyclic amines) is 1. The maximum atomic E-state index is 10.8. The molecule has 1 N–H and O–H groups in total. The van der Waals surface area contributed by atoms with Crippen LogP contribution in [0.2, 0.25) is 0 Å². The first-order valence-electron chi connectivity index (χ1n) is 7.39. The zero-order valence-electron chi connectivity index (χ0n) is 11.7. The van der Waals surface area contributed by atoms with Gasteiger partial charge in [0.15, 0.2) is 0 Å². The fourth-order valence-corrected chi connectivity index (χ4v) is 3.30. The van der Waals surface area contributed by atoms with E-state index in [1.165, 1.54) is 11.1 Å². The number of carboxylic acids is 1. The van der Waals surface area contributed by atoms with E-state index in [0.29, 0.717) is 12.3 Å². The Labute approximate surface area is 119 Å². The molecular weight excluding hydrogens is 254 g/mol. The third kappa shape index (κ3) is 3.12. The van der Waals surface area contributed by atoms with Crippen LogP contribution in [-0.4, -0.2) is 35.7 Å². The first-order valence-corrected chi connectivity index (χ1v) is 7.39. The summed E-state index contributed by atoms with van der Waals surface area (Å²) in [6.07, 6.45) is 3.45. The van der Waals surface area contributed by atoms with Crippen LogP contribution in [0.1, 0.15) is 30.4 Å². The molecule has 2 heterocycles. The van der Waals surface area contributed by atoms with Gasteiger partial charge in [-0.2, -0.15) is 0 Å². The van der Waals surface area contributed by atoms with Crippen LogP contribution < -0.4 is 4.74 Å². The molecule has 0 aliphatic carbocycles. The predicted octanol–water partition coefficient (Wildman–Crippen LogP) is 2.31. The number of benzene rings is 1. The van der Waals surface area contributed by atoms with Crippen molar-refractivity contribution in [1.82, 2.24) is 4.90 Å². The van der Waals surface area contributed by atoms with Crippen LogP contribution in [0.3, 0.4) is 0 Å². The number of carbonyl (C=O) groups is 1. The number of ether oxygens (including phenoxy) is 1. The van der Waals surface area contributed by atoms with Crippen molar-refractivity contribution >= 4 is 5.97 Å². The summed E-state index contributed by atoms with van der Waals surface area (Å²) < 4.78 is 5.53. The van der Waals surface area contributed by atoms with E-state index < -0.39 is 5.97 Å². The van der Waals surface area contributed by atoms with E-state index in [2.05, 4.69) is 23.1 Å². The highest BCUT2D eigenvalue weighted by Crippen LogP contribution is 2.27. The first-order chi connectivity index (χ1) is 9.70. The summed E-state index contributed by atoms with van der Waals surface area (Å²) in [5.41, 5.74) is 2.62. The number of rotatable bonds is 4. The van der Waals surface area contributed by atoms with Crippen LogP contribution in [0.15, 0.2) is 18.2 Å². The molecule has 4 heteroatoms. The van der Waals surface area contributed by atoms with Crippen LogP contribution in [0.4, 0.5) is 0 Å². The van der Waals surface area contributed by atoms with Gasteiger partial charge in [-0.1, -0.05) is 12.1 Å². The Morgan fingerprint density at radius 1 is 1.45 bits per heavy atom. The molecule has 1 aromatic rings. The monoisotopic (exact) mass is 275 g/mol. The van der Waals surface area contributed by atoms with E-state index in [0.717, 1.165) is 51.3 Å². The van der Waals surface area contributed by atoms with Gasteiger partial charge in [-0.05, 0) is 42.5 Å². The quantitative estimate of drug-likeness (QED) is 0.916. The molecule has 0 radical (unpaired) electrons. The lowest BCUT2D eigenvalue weighted by atomic mass is 9.94. The molecule has 1 aromatic carbocycles. The Kier molecular flexibility index (Phi) is 3.92. The largest absolute Gasteiger partial charge is 0.493 e. The molecule has 0 spiro atoms. The Morgan fingerprint density at radius 2 is 2.35 bits per heavy atom. The smallest absolute Gasteiger partial charge is 0.303 e. The molecule has 20 heavy (non-hydrogen) atoms. The van der Waals surface area contributed by atoms with Gasteiger partial charge in [0.2, 0.25) is 0 Å². The molecule has 4 nitrogen and oxygen atoms in total. The molecule has 1 fully saturated rings. The standard InChI is InChI=1S/C16H21NO3/c18-16(19)9-12-2-1-6-17(10-12)11-13-3-4-15-14(8-13)5-7-20-15/h3-4,8,12H,1-2,5-7,9-11H2,(H,18,19). The fourth-order valence-electron chi connectivity index (χ4n) is 3.30. The molecule has 0 bridgehead atoms. The molecule has 0 aromatic heterocycles. The lowest BCUT2D eigenvalue weighted by Crippen LogP contribution is -2.35. The minimum absolute atomic E-state index is 0.300. The highest BCUT2D eigenvalue weighted by atomic mass is 16.5. The lowest BCUT2D eigenvalue weighted by Gasteiger charge is -2.32. The maximum Gasteiger partial charge on any atom is 0.303 e. The second-order valence-corrected chi connectivity index (χ2v) is 5.88. The van der Waals surface area contributed by atoms with Gasteiger partial charge in [-0.3, -0.25) is 9.69 Å². The summed E-state index contributed by atoms with van der Waals surface area (Å²) in [4.78, 5) is 13.2. The number of fused-ring (bicyclic) bond motifs is 1. The molecule has 2 aliphatic rings. The second-order valence-electron chi connectivity index (χ2n) is 5.88. The number of hydrogen-bond donors (Lipinski definition) is 1. The van der Waals surface area contributed by atoms with Gasteiger partial charge in [-0.15, -0.1) is 0 Å². The van der Waals surface area contributed by atoms with Crippen LogP contribution in [0.5, 0.6) is 5.75 Å². The predicted molar refractivity (Wildman–Crippen MR) is 75.9 cm³/mol. The van der Waals surface area contributed by atoms with Crippen molar-refractivity contribution in [2.45, 2.75) is 32.2 Å². The van der Waals surface area contributed by atoms with E-state index in [1.54, 1.807) is 0 Å². The van der Waals surface area contributed by atoms with E-state index in [9.17, 15) is 4.79 Å². The van der Waals surface area contributed by atoms with Crippen molar-refractivity contribution in [1.29, 1.82) is 0 Å². The van der Waals surface area contributed by atoms with Crippen molar-refractivity contribution in [3.8, 4) is 5.75 Å². The summed E-state index contributed by atoms with van der Waals surface area (Å²) >= 11 is 0. The Morgan fingerprint density at radius 3 is 3.20 bits per heavy atom. The number of piperidine rings is 1. The molecule has 108 valence electrons. The molecular formula is C16H21NO3. The average molecular weight is 275 g/mol. The molecule has 1 atom stereocenters. The summed E-state index contributed by atoms with van der Waals surface area (Å²) in [5.74, 6) is 0.654. The average Bonchev–Trinajstić information content (AvgIpc) is 2.85. The fraction of sp³-hybridized carbons (Fsp3) is 0.562. The summed E-state index contributed by atoms with van der Waals surface area (Å²) in [6, 6.07) is 6.43. The van der Waals surface area contributed by atoms with Crippen LogP contribution in [0, 0.1) is 5.92 Å². The van der Waals surface area contributed by atoms with Crippen molar-refractivity contribution in [3.63, 3.8) is 0 Å². The summed E-state index contributed by atoms with van der Waals surface area (Å²) in [5, 5.41) is 8.92. The Balaban J connectivity index is 1.61. The third-order valence-corrected chi connectivity index (χ3v) is 4.23. The highest BCUT2D eigenvalue weighted by Gasteiger charge is 2.22. The number of aliphatic carboxylic acids is 1. The van der Waals surface area contributed by atoms with E-state index in [4.69, 9.17) is 9.84 Å². The first kappa shape index (κ1) is 13.4. The molecule has 0 amide bonds. The van der Waals surface area contributed by atoms with Crippen LogP contribution in [-0.2, 0) is 17.8 Å². The van der Waals surface area contributed by atoms with Gasteiger partial charge in [0.1, 0.15) is 5.75 Å². The van der Waals surface area contributed by atoms with E-state index in [-0.39, 0.29) is 0 Å². The van der Waals surface area contributed by atoms with E-state index >= 15 is 0 Å². The molecule has 1 unspecified atom stereocenters. The topological polar surface area (TPSA) is 49.8 Å². The van der Waals surface area contributed by atoms with Gasteiger partial charge < -0.3 is 9.84 Å². The Hall–Kier alpha value is -1.55. The van der Waals surface area contributed by atoms with Crippen molar-refractivity contribution < 1.29 is 14.6 Å². The van der Waals surface area contributed by atoms with Gasteiger partial charge in [0.25, 0.3) is 0 Å². The molecule has 1 saturated heterocycles. The third-order valence-electron chi connectivity index (χ3n) is 4.23. The summed E-state index contributed by atoms with van der Waals surface area (Å²) in [6.45, 7) is 3.69. The van der Waals surface area contributed by atoms with Crippen molar-refractivity contribution in [2.24, 2.45) is 5.92 Å². The zero-order chi connectivity index (χ0) is 13.9.